The Morgan fingerprint density at radius 1 is 1.21 bits per heavy atom. The molecule has 2 aromatic carbocycles. The molecular weight excluding hydrogens is 306 g/mol. The minimum absolute atomic E-state index is 0.363. The van der Waals surface area contributed by atoms with E-state index in [4.69, 9.17) is 4.74 Å². The van der Waals surface area contributed by atoms with Crippen molar-refractivity contribution < 1.29 is 14.3 Å². The van der Waals surface area contributed by atoms with Gasteiger partial charge in [0.25, 0.3) is 5.91 Å². The normalized spacial score (nSPS) is 11.9. The first-order valence-electron chi connectivity index (χ1n) is 7.55. The number of aromatic nitrogens is 2. The number of amides is 1. The van der Waals surface area contributed by atoms with Crippen molar-refractivity contribution >= 4 is 28.6 Å². The molecule has 1 amide bonds. The number of aromatic amines is 1. The number of aryl methyl sites for hydroxylation is 1. The number of nitrogens with one attached hydrogen (secondary N) is 2. The van der Waals surface area contributed by atoms with Crippen LogP contribution in [0.25, 0.3) is 11.0 Å². The third kappa shape index (κ3) is 3.27. The summed E-state index contributed by atoms with van der Waals surface area (Å²) >= 11 is 0. The number of nitrogens with zero attached hydrogens (tertiary/aromatic N) is 1. The highest BCUT2D eigenvalue weighted by molar-refractivity contribution is 5.98. The van der Waals surface area contributed by atoms with Crippen LogP contribution in [-0.4, -0.2) is 27.9 Å². The Labute approximate surface area is 138 Å². The lowest BCUT2D eigenvalue weighted by Gasteiger charge is -2.14. The van der Waals surface area contributed by atoms with Gasteiger partial charge in [0.05, 0.1) is 22.9 Å². The average Bonchev–Trinajstić information content (AvgIpc) is 3.04. The summed E-state index contributed by atoms with van der Waals surface area (Å²) in [5, 5.41) is 2.76. The Balaban J connectivity index is 1.67. The number of para-hydroxylation sites is 1. The van der Waals surface area contributed by atoms with Gasteiger partial charge in [-0.15, -0.1) is 0 Å². The molecule has 6 heteroatoms. The summed E-state index contributed by atoms with van der Waals surface area (Å²) in [5.41, 5.74) is 3.50. The number of benzene rings is 2. The molecule has 0 radical (unpaired) electrons. The van der Waals surface area contributed by atoms with Crippen LogP contribution in [0.15, 0.2) is 48.8 Å². The van der Waals surface area contributed by atoms with Gasteiger partial charge < -0.3 is 15.0 Å². The van der Waals surface area contributed by atoms with Gasteiger partial charge in [-0.25, -0.2) is 9.78 Å². The van der Waals surface area contributed by atoms with Crippen LogP contribution in [0.3, 0.4) is 0 Å². The van der Waals surface area contributed by atoms with E-state index >= 15 is 0 Å². The fourth-order valence-electron chi connectivity index (χ4n) is 2.29. The molecule has 3 rings (SSSR count). The molecule has 3 aromatic rings. The molecule has 1 unspecified atom stereocenters. The highest BCUT2D eigenvalue weighted by atomic mass is 16.5. The number of carbonyl (C=O) groups excluding carboxylic acids is 2. The molecule has 0 aliphatic heterocycles. The van der Waals surface area contributed by atoms with E-state index in [-0.39, 0.29) is 5.91 Å². The smallest absolute Gasteiger partial charge is 0.338 e. The average molecular weight is 323 g/mol. The first kappa shape index (κ1) is 15.7. The number of H-pyrrole nitrogens is 1. The van der Waals surface area contributed by atoms with Crippen molar-refractivity contribution in [1.29, 1.82) is 0 Å². The maximum atomic E-state index is 12.2. The first-order valence-corrected chi connectivity index (χ1v) is 7.55. The van der Waals surface area contributed by atoms with Gasteiger partial charge in [-0.3, -0.25) is 4.79 Å². The molecule has 2 N–H and O–H groups in total. The van der Waals surface area contributed by atoms with Crippen LogP contribution in [0.5, 0.6) is 0 Å². The van der Waals surface area contributed by atoms with Crippen LogP contribution in [0.1, 0.15) is 22.8 Å². The lowest BCUT2D eigenvalue weighted by molar-refractivity contribution is -0.123. The van der Waals surface area contributed by atoms with Crippen LogP contribution in [0, 0.1) is 6.92 Å². The van der Waals surface area contributed by atoms with E-state index in [1.165, 1.54) is 0 Å². The van der Waals surface area contributed by atoms with E-state index in [1.807, 2.05) is 25.1 Å². The van der Waals surface area contributed by atoms with Crippen molar-refractivity contribution in [2.75, 3.05) is 5.32 Å². The molecule has 0 bridgehead atoms. The van der Waals surface area contributed by atoms with Crippen molar-refractivity contribution in [2.24, 2.45) is 0 Å². The van der Waals surface area contributed by atoms with E-state index in [2.05, 4.69) is 15.3 Å². The van der Waals surface area contributed by atoms with E-state index in [9.17, 15) is 9.59 Å². The molecule has 122 valence electrons. The van der Waals surface area contributed by atoms with Crippen molar-refractivity contribution in [2.45, 2.75) is 20.0 Å². The predicted octanol–water partition coefficient (Wildman–Crippen LogP) is 3.06. The molecule has 0 aliphatic rings. The maximum Gasteiger partial charge on any atom is 0.338 e. The summed E-state index contributed by atoms with van der Waals surface area (Å²) in [7, 11) is 0. The van der Waals surface area contributed by atoms with Gasteiger partial charge in [0.2, 0.25) is 0 Å². The lowest BCUT2D eigenvalue weighted by Crippen LogP contribution is -2.30. The predicted molar refractivity (Wildman–Crippen MR) is 90.8 cm³/mol. The number of rotatable bonds is 4. The van der Waals surface area contributed by atoms with Gasteiger partial charge in [-0.05, 0) is 43.7 Å². The Morgan fingerprint density at radius 2 is 2.00 bits per heavy atom. The fraction of sp³-hybridized carbons (Fsp3) is 0.167. The monoisotopic (exact) mass is 323 g/mol. The van der Waals surface area contributed by atoms with Crippen molar-refractivity contribution in [3.05, 3.63) is 59.9 Å². The van der Waals surface area contributed by atoms with Crippen LogP contribution in [0.4, 0.5) is 5.69 Å². The molecule has 0 aliphatic carbocycles. The van der Waals surface area contributed by atoms with E-state index in [0.717, 1.165) is 16.6 Å². The number of hydrogen-bond donors (Lipinski definition) is 2. The maximum absolute atomic E-state index is 12.2. The van der Waals surface area contributed by atoms with Gasteiger partial charge in [0.15, 0.2) is 6.10 Å². The zero-order valence-corrected chi connectivity index (χ0v) is 13.4. The highest BCUT2D eigenvalue weighted by Crippen LogP contribution is 2.15. The van der Waals surface area contributed by atoms with Crippen molar-refractivity contribution in [1.82, 2.24) is 9.97 Å². The quantitative estimate of drug-likeness (QED) is 0.723. The second-order valence-electron chi connectivity index (χ2n) is 5.49. The Bertz CT molecular complexity index is 901. The molecule has 1 heterocycles. The largest absolute Gasteiger partial charge is 0.449 e. The summed E-state index contributed by atoms with van der Waals surface area (Å²) in [6.45, 7) is 3.44. The van der Waals surface area contributed by atoms with Gasteiger partial charge in [-0.2, -0.15) is 0 Å². The molecule has 0 saturated heterocycles. The third-order valence-corrected chi connectivity index (χ3v) is 3.71. The summed E-state index contributed by atoms with van der Waals surface area (Å²) in [5.74, 6) is -0.931. The third-order valence-electron chi connectivity index (χ3n) is 3.71. The molecular formula is C18H17N3O3. The van der Waals surface area contributed by atoms with Crippen LogP contribution < -0.4 is 5.32 Å². The molecule has 24 heavy (non-hydrogen) atoms. The number of fused-ring (bicyclic) bond motifs is 1. The van der Waals surface area contributed by atoms with E-state index in [1.54, 1.807) is 37.5 Å². The fourth-order valence-corrected chi connectivity index (χ4v) is 2.29. The number of carbonyl (C=O) groups is 2. The number of ether oxygens (including phenoxy) is 1. The molecule has 1 aromatic heterocycles. The molecule has 0 saturated carbocycles. The van der Waals surface area contributed by atoms with Crippen LogP contribution in [-0.2, 0) is 9.53 Å². The van der Waals surface area contributed by atoms with Gasteiger partial charge in [0, 0.05) is 5.69 Å². The molecule has 0 spiro atoms. The summed E-state index contributed by atoms with van der Waals surface area (Å²) < 4.78 is 5.25. The highest BCUT2D eigenvalue weighted by Gasteiger charge is 2.19. The van der Waals surface area contributed by atoms with Gasteiger partial charge in [-0.1, -0.05) is 18.2 Å². The zero-order valence-electron chi connectivity index (χ0n) is 13.4. The molecule has 6 nitrogen and oxygen atoms in total. The zero-order chi connectivity index (χ0) is 17.1. The SMILES string of the molecule is Cc1ccccc1NC(=O)C(C)OC(=O)c1ccc2nc[nH]c2c1. The number of anilines is 1. The standard InChI is InChI=1S/C18H17N3O3/c1-11-5-3-4-6-14(11)21-17(22)12(2)24-18(23)13-7-8-15-16(9-13)20-10-19-15/h3-10,12H,1-2H3,(H,19,20)(H,21,22). The molecule has 1 atom stereocenters. The summed E-state index contributed by atoms with van der Waals surface area (Å²) in [6, 6.07) is 12.4. The van der Waals surface area contributed by atoms with Crippen LogP contribution >= 0.6 is 0 Å². The van der Waals surface area contributed by atoms with E-state index < -0.39 is 12.1 Å². The second-order valence-corrected chi connectivity index (χ2v) is 5.49. The lowest BCUT2D eigenvalue weighted by atomic mass is 10.2. The van der Waals surface area contributed by atoms with Gasteiger partial charge >= 0.3 is 5.97 Å². The van der Waals surface area contributed by atoms with Gasteiger partial charge in [0.1, 0.15) is 0 Å². The molecule has 0 fully saturated rings. The Morgan fingerprint density at radius 3 is 2.79 bits per heavy atom. The number of esters is 1. The summed E-state index contributed by atoms with van der Waals surface area (Å²) in [4.78, 5) is 31.4. The number of hydrogen-bond acceptors (Lipinski definition) is 4. The van der Waals surface area contributed by atoms with Crippen molar-refractivity contribution in [3.8, 4) is 0 Å². The Hall–Kier alpha value is -3.15. The number of imidazole rings is 1. The first-order chi connectivity index (χ1) is 11.5. The minimum atomic E-state index is -0.908. The van der Waals surface area contributed by atoms with Crippen LogP contribution in [0.2, 0.25) is 0 Å². The summed E-state index contributed by atoms with van der Waals surface area (Å²) in [6.07, 6.45) is 0.646. The van der Waals surface area contributed by atoms with Crippen molar-refractivity contribution in [3.63, 3.8) is 0 Å². The Kier molecular flexibility index (Phi) is 4.29. The second kappa shape index (κ2) is 6.54. The van der Waals surface area contributed by atoms with E-state index in [0.29, 0.717) is 11.3 Å². The topological polar surface area (TPSA) is 84.1 Å². The minimum Gasteiger partial charge on any atom is -0.449 e.